The van der Waals surface area contributed by atoms with Gasteiger partial charge in [0.15, 0.2) is 5.78 Å². The zero-order valence-corrected chi connectivity index (χ0v) is 8.73. The quantitative estimate of drug-likeness (QED) is 0.556. The van der Waals surface area contributed by atoms with Crippen LogP contribution in [-0.2, 0) is 14.3 Å². The van der Waals surface area contributed by atoms with E-state index >= 15 is 0 Å². The van der Waals surface area contributed by atoms with Crippen molar-refractivity contribution in [3.63, 3.8) is 0 Å². The largest absolute Gasteiger partial charge is 0.389 e. The highest BCUT2D eigenvalue weighted by molar-refractivity contribution is 6.14. The van der Waals surface area contributed by atoms with Gasteiger partial charge in [-0.3, -0.25) is 9.59 Å². The Morgan fingerprint density at radius 1 is 1.31 bits per heavy atom. The third-order valence-electron chi connectivity index (χ3n) is 2.59. The van der Waals surface area contributed by atoms with Crippen molar-refractivity contribution in [2.45, 2.75) is 19.3 Å². The van der Waals surface area contributed by atoms with Crippen LogP contribution in [0.4, 0.5) is 0 Å². The molecule has 0 spiro atoms. The lowest BCUT2D eigenvalue weighted by atomic mass is 9.88. The maximum atomic E-state index is 11.6. The Morgan fingerprint density at radius 2 is 2.00 bits per heavy atom. The summed E-state index contributed by atoms with van der Waals surface area (Å²) in [6.45, 7) is 1.68. The van der Waals surface area contributed by atoms with E-state index < -0.39 is 17.9 Å². The zero-order valence-electron chi connectivity index (χ0n) is 8.73. The van der Waals surface area contributed by atoms with Crippen molar-refractivity contribution in [3.8, 4) is 0 Å². The lowest BCUT2D eigenvalue weighted by molar-refractivity contribution is -0.144. The summed E-state index contributed by atoms with van der Waals surface area (Å²) in [5.74, 6) is -2.62. The highest BCUT2D eigenvalue weighted by atomic mass is 16.6. The Kier molecular flexibility index (Phi) is 2.56. The number of cyclic esters (lactones) is 2. The van der Waals surface area contributed by atoms with Crippen LogP contribution in [0.1, 0.15) is 35.2 Å². The Balaban J connectivity index is 2.55. The molecule has 0 aromatic heterocycles. The minimum Gasteiger partial charge on any atom is -0.389 e. The van der Waals surface area contributed by atoms with Gasteiger partial charge in [-0.1, -0.05) is 25.1 Å². The fourth-order valence-electron chi connectivity index (χ4n) is 1.78. The number of esters is 2. The lowest BCUT2D eigenvalue weighted by Gasteiger charge is -2.21. The number of hydrogen-bond acceptors (Lipinski definition) is 4. The molecular formula is C12H10O4. The second kappa shape index (κ2) is 3.89. The van der Waals surface area contributed by atoms with Gasteiger partial charge in [0.25, 0.3) is 0 Å². The molecule has 0 aliphatic carbocycles. The first kappa shape index (κ1) is 10.5. The summed E-state index contributed by atoms with van der Waals surface area (Å²) in [5, 5.41) is 0. The number of ether oxygens (including phenoxy) is 1. The third-order valence-corrected chi connectivity index (χ3v) is 2.59. The molecule has 0 N–H and O–H groups in total. The fourth-order valence-corrected chi connectivity index (χ4v) is 1.78. The molecule has 0 fully saturated rings. The summed E-state index contributed by atoms with van der Waals surface area (Å²) in [5.41, 5.74) is 0.754. The van der Waals surface area contributed by atoms with Gasteiger partial charge in [0.1, 0.15) is 5.92 Å². The summed E-state index contributed by atoms with van der Waals surface area (Å²) in [6.07, 6.45) is 0.238. The molecule has 1 unspecified atom stereocenters. The van der Waals surface area contributed by atoms with Gasteiger partial charge in [0.05, 0.1) is 5.56 Å². The van der Waals surface area contributed by atoms with E-state index in [0.29, 0.717) is 11.1 Å². The van der Waals surface area contributed by atoms with Crippen LogP contribution < -0.4 is 0 Å². The van der Waals surface area contributed by atoms with Crippen LogP contribution in [0.25, 0.3) is 0 Å². The molecule has 0 radical (unpaired) electrons. The monoisotopic (exact) mass is 218 g/mol. The number of fused-ring (bicyclic) bond motifs is 1. The molecule has 4 nitrogen and oxygen atoms in total. The van der Waals surface area contributed by atoms with Crippen molar-refractivity contribution in [2.75, 3.05) is 0 Å². The number of hydrogen-bond donors (Lipinski definition) is 0. The van der Waals surface area contributed by atoms with Gasteiger partial charge in [-0.25, -0.2) is 4.79 Å². The van der Waals surface area contributed by atoms with Gasteiger partial charge in [0, 0.05) is 6.42 Å². The van der Waals surface area contributed by atoms with E-state index in [4.69, 9.17) is 0 Å². The molecule has 0 amide bonds. The number of benzene rings is 1. The Hall–Kier alpha value is -1.97. The fraction of sp³-hybridized carbons (Fsp3) is 0.250. The third kappa shape index (κ3) is 1.52. The van der Waals surface area contributed by atoms with Gasteiger partial charge >= 0.3 is 11.9 Å². The second-order valence-corrected chi connectivity index (χ2v) is 3.55. The molecule has 0 bridgehead atoms. The van der Waals surface area contributed by atoms with E-state index in [9.17, 15) is 14.4 Å². The SMILES string of the molecule is CCC(=O)C1C(=O)OC(=O)c2ccccc21. The molecule has 1 aliphatic heterocycles. The van der Waals surface area contributed by atoms with E-state index in [1.54, 1.807) is 31.2 Å². The first-order valence-corrected chi connectivity index (χ1v) is 5.02. The highest BCUT2D eigenvalue weighted by Gasteiger charge is 2.38. The lowest BCUT2D eigenvalue weighted by Crippen LogP contribution is -2.32. The Bertz CT molecular complexity index is 476. The van der Waals surface area contributed by atoms with Crippen LogP contribution in [0.2, 0.25) is 0 Å². The van der Waals surface area contributed by atoms with Gasteiger partial charge in [0.2, 0.25) is 0 Å². The Morgan fingerprint density at radius 3 is 2.69 bits per heavy atom. The van der Waals surface area contributed by atoms with Crippen LogP contribution in [0.15, 0.2) is 24.3 Å². The molecule has 82 valence electrons. The van der Waals surface area contributed by atoms with Crippen molar-refractivity contribution in [2.24, 2.45) is 0 Å². The predicted molar refractivity (Wildman–Crippen MR) is 54.9 cm³/mol. The zero-order chi connectivity index (χ0) is 11.7. The molecular weight excluding hydrogens is 208 g/mol. The van der Waals surface area contributed by atoms with E-state index in [-0.39, 0.29) is 12.2 Å². The first-order valence-electron chi connectivity index (χ1n) is 5.02. The van der Waals surface area contributed by atoms with Crippen molar-refractivity contribution in [1.82, 2.24) is 0 Å². The van der Waals surface area contributed by atoms with Crippen LogP contribution in [0.3, 0.4) is 0 Å². The topological polar surface area (TPSA) is 60.4 Å². The summed E-state index contributed by atoms with van der Waals surface area (Å²) in [6, 6.07) is 6.54. The average molecular weight is 218 g/mol. The number of carbonyl (C=O) groups excluding carboxylic acids is 3. The summed E-state index contributed by atoms with van der Waals surface area (Å²) in [7, 11) is 0. The normalized spacial score (nSPS) is 18.9. The van der Waals surface area contributed by atoms with Crippen LogP contribution in [0, 0.1) is 0 Å². The summed E-state index contributed by atoms with van der Waals surface area (Å²) < 4.78 is 4.55. The van der Waals surface area contributed by atoms with E-state index in [1.165, 1.54) is 0 Å². The van der Waals surface area contributed by atoms with Gasteiger partial charge in [-0.05, 0) is 11.6 Å². The number of Topliss-reactive ketones (excluding diaryl/α,β-unsaturated/α-hetero) is 1. The highest BCUT2D eigenvalue weighted by Crippen LogP contribution is 2.28. The molecule has 1 aromatic rings. The first-order chi connectivity index (χ1) is 7.65. The van der Waals surface area contributed by atoms with E-state index in [2.05, 4.69) is 4.74 Å². The molecule has 1 heterocycles. The molecule has 0 saturated heterocycles. The van der Waals surface area contributed by atoms with Crippen LogP contribution >= 0.6 is 0 Å². The van der Waals surface area contributed by atoms with E-state index in [0.717, 1.165) is 0 Å². The molecule has 4 heteroatoms. The average Bonchev–Trinajstić information content (AvgIpc) is 2.28. The van der Waals surface area contributed by atoms with Gasteiger partial charge in [-0.2, -0.15) is 0 Å². The standard InChI is InChI=1S/C12H10O4/c1-2-9(13)10-7-5-3-4-6-8(7)11(14)16-12(10)15/h3-6,10H,2H2,1H3. The van der Waals surface area contributed by atoms with Crippen LogP contribution in [0.5, 0.6) is 0 Å². The second-order valence-electron chi connectivity index (χ2n) is 3.55. The molecule has 0 saturated carbocycles. The summed E-state index contributed by atoms with van der Waals surface area (Å²) >= 11 is 0. The molecule has 1 atom stereocenters. The van der Waals surface area contributed by atoms with Crippen molar-refractivity contribution in [3.05, 3.63) is 35.4 Å². The van der Waals surface area contributed by atoms with Crippen molar-refractivity contribution < 1.29 is 19.1 Å². The molecule has 16 heavy (non-hydrogen) atoms. The maximum Gasteiger partial charge on any atom is 0.346 e. The van der Waals surface area contributed by atoms with Gasteiger partial charge in [-0.15, -0.1) is 0 Å². The Labute approximate surface area is 92.2 Å². The number of ketones is 1. The minimum absolute atomic E-state index is 0.232. The smallest absolute Gasteiger partial charge is 0.346 e. The summed E-state index contributed by atoms with van der Waals surface area (Å²) in [4.78, 5) is 34.5. The number of carbonyl (C=O) groups is 3. The van der Waals surface area contributed by atoms with E-state index in [1.807, 2.05) is 0 Å². The van der Waals surface area contributed by atoms with Gasteiger partial charge < -0.3 is 4.74 Å². The predicted octanol–water partition coefficient (Wildman–Crippen LogP) is 1.45. The van der Waals surface area contributed by atoms with Crippen molar-refractivity contribution >= 4 is 17.7 Å². The maximum absolute atomic E-state index is 11.6. The minimum atomic E-state index is -0.945. The molecule has 1 aromatic carbocycles. The number of rotatable bonds is 2. The molecule has 1 aliphatic rings. The molecule has 2 rings (SSSR count). The van der Waals surface area contributed by atoms with Crippen molar-refractivity contribution in [1.29, 1.82) is 0 Å². The van der Waals surface area contributed by atoms with Crippen LogP contribution in [-0.4, -0.2) is 17.7 Å².